The number of nitro groups is 4. The first-order chi connectivity index (χ1) is 13.1. The molecule has 0 spiro atoms. The largest absolute Gasteiger partial charge is 0.502 e. The molecule has 0 heterocycles. The molecular weight excluding hydrogens is 424 g/mol. The average molecular weight is 430 g/mol. The van der Waals surface area contributed by atoms with E-state index in [1.165, 1.54) is 0 Å². The average Bonchev–Trinajstić information content (AvgIpc) is 2.59. The van der Waals surface area contributed by atoms with Crippen LogP contribution in [0, 0.1) is 40.5 Å². The van der Waals surface area contributed by atoms with E-state index in [4.69, 9.17) is 0 Å². The van der Waals surface area contributed by atoms with Gasteiger partial charge in [-0.2, -0.15) is 0 Å². The fourth-order valence-corrected chi connectivity index (χ4v) is 4.31. The van der Waals surface area contributed by atoms with Crippen LogP contribution in [0.15, 0.2) is 34.1 Å². The third kappa shape index (κ3) is 3.86. The van der Waals surface area contributed by atoms with E-state index in [1.807, 2.05) is 0 Å². The van der Waals surface area contributed by atoms with Gasteiger partial charge in [-0.3, -0.25) is 40.5 Å². The third-order valence-electron chi connectivity index (χ3n) is 3.14. The van der Waals surface area contributed by atoms with Gasteiger partial charge in [-0.25, -0.2) is 0 Å². The van der Waals surface area contributed by atoms with Gasteiger partial charge in [0.25, 0.3) is 0 Å². The molecule has 14 nitrogen and oxygen atoms in total. The van der Waals surface area contributed by atoms with Gasteiger partial charge in [-0.05, 0) is 45.9 Å². The van der Waals surface area contributed by atoms with E-state index >= 15 is 0 Å². The number of benzene rings is 2. The van der Waals surface area contributed by atoms with Crippen molar-refractivity contribution in [1.82, 2.24) is 0 Å². The minimum atomic E-state index is -1.17. The molecule has 0 radical (unpaired) electrons. The Bertz CT molecular complexity index is 946. The topological polar surface area (TPSA) is 213 Å². The summed E-state index contributed by atoms with van der Waals surface area (Å²) < 4.78 is 0. The molecule has 0 unspecified atom stereocenters. The zero-order chi connectivity index (χ0) is 21.2. The summed E-state index contributed by atoms with van der Waals surface area (Å²) >= 11 is 0. The first-order valence-electron chi connectivity index (χ1n) is 6.70. The highest BCUT2D eigenvalue weighted by atomic mass is 33.1. The van der Waals surface area contributed by atoms with E-state index in [-0.39, 0.29) is 9.79 Å². The van der Waals surface area contributed by atoms with E-state index in [0.717, 1.165) is 24.3 Å². The van der Waals surface area contributed by atoms with Crippen LogP contribution >= 0.6 is 21.6 Å². The molecule has 0 fully saturated rings. The highest BCUT2D eigenvalue weighted by Crippen LogP contribution is 2.51. The molecular formula is C12H6N4O10S2. The van der Waals surface area contributed by atoms with Gasteiger partial charge in [0.1, 0.15) is 9.79 Å². The Kier molecular flexibility index (Phi) is 5.84. The lowest BCUT2D eigenvalue weighted by Gasteiger charge is -2.06. The van der Waals surface area contributed by atoms with Crippen LogP contribution < -0.4 is 0 Å². The molecule has 0 aliphatic carbocycles. The first-order valence-corrected chi connectivity index (χ1v) is 8.85. The maximum Gasteiger partial charge on any atom is 0.388 e. The lowest BCUT2D eigenvalue weighted by molar-refractivity contribution is -0.425. The van der Waals surface area contributed by atoms with Crippen molar-refractivity contribution in [2.45, 2.75) is 9.79 Å². The van der Waals surface area contributed by atoms with E-state index in [9.17, 15) is 50.7 Å². The number of aromatic hydroxyl groups is 2. The van der Waals surface area contributed by atoms with Crippen molar-refractivity contribution in [3.63, 3.8) is 0 Å². The maximum absolute atomic E-state index is 11.2. The number of hydrogen-bond acceptors (Lipinski definition) is 12. The molecule has 28 heavy (non-hydrogen) atoms. The second-order valence-corrected chi connectivity index (χ2v) is 6.97. The summed E-state index contributed by atoms with van der Waals surface area (Å²) in [4.78, 5) is 39.3. The maximum atomic E-state index is 11.2. The second-order valence-electron chi connectivity index (χ2n) is 4.76. The van der Waals surface area contributed by atoms with Crippen LogP contribution in [-0.2, 0) is 0 Å². The summed E-state index contributed by atoms with van der Waals surface area (Å²) in [6, 6.07) is 3.64. The SMILES string of the molecule is O=[N+]([O-])c1c(O)ccc(SSc2ccc(O)c([N+](=O)[O-])c2[N+](=O)[O-])c1[N+](=O)[O-]. The van der Waals surface area contributed by atoms with Crippen LogP contribution in [0.4, 0.5) is 22.7 Å². The van der Waals surface area contributed by atoms with Gasteiger partial charge in [0, 0.05) is 0 Å². The van der Waals surface area contributed by atoms with Crippen molar-refractivity contribution >= 4 is 44.3 Å². The number of hydrogen-bond donors (Lipinski definition) is 2. The fraction of sp³-hybridized carbons (Fsp3) is 0. The van der Waals surface area contributed by atoms with E-state index < -0.39 is 53.9 Å². The first kappa shape index (κ1) is 20.6. The van der Waals surface area contributed by atoms with Gasteiger partial charge in [-0.15, -0.1) is 0 Å². The van der Waals surface area contributed by atoms with Gasteiger partial charge >= 0.3 is 22.7 Å². The molecule has 2 rings (SSSR count). The van der Waals surface area contributed by atoms with E-state index in [2.05, 4.69) is 0 Å². The Morgan fingerprint density at radius 1 is 0.571 bits per heavy atom. The molecule has 0 bridgehead atoms. The minimum Gasteiger partial charge on any atom is -0.502 e. The van der Waals surface area contributed by atoms with E-state index in [0.29, 0.717) is 21.6 Å². The fourth-order valence-electron chi connectivity index (χ4n) is 2.04. The predicted octanol–water partition coefficient (Wildman–Crippen LogP) is 3.53. The smallest absolute Gasteiger partial charge is 0.388 e. The number of rotatable bonds is 7. The molecule has 0 amide bonds. The van der Waals surface area contributed by atoms with Crippen molar-refractivity contribution in [3.05, 3.63) is 64.7 Å². The molecule has 0 aliphatic rings. The van der Waals surface area contributed by atoms with Crippen LogP contribution in [-0.4, -0.2) is 29.9 Å². The Hall–Kier alpha value is -3.66. The monoisotopic (exact) mass is 430 g/mol. The van der Waals surface area contributed by atoms with Crippen LogP contribution in [0.25, 0.3) is 0 Å². The molecule has 0 saturated carbocycles. The molecule has 0 aromatic heterocycles. The van der Waals surface area contributed by atoms with Gasteiger partial charge in [-0.1, -0.05) is 0 Å². The van der Waals surface area contributed by atoms with Crippen LogP contribution in [0.5, 0.6) is 11.5 Å². The lowest BCUT2D eigenvalue weighted by Crippen LogP contribution is -1.99. The number of nitrogens with zero attached hydrogens (tertiary/aromatic N) is 4. The van der Waals surface area contributed by atoms with Crippen molar-refractivity contribution in [3.8, 4) is 11.5 Å². The van der Waals surface area contributed by atoms with Crippen molar-refractivity contribution < 1.29 is 29.9 Å². The Morgan fingerprint density at radius 2 is 0.857 bits per heavy atom. The van der Waals surface area contributed by atoms with E-state index in [1.54, 1.807) is 0 Å². The normalized spacial score (nSPS) is 10.4. The van der Waals surface area contributed by atoms with Crippen molar-refractivity contribution in [1.29, 1.82) is 0 Å². The van der Waals surface area contributed by atoms with Crippen molar-refractivity contribution in [2.75, 3.05) is 0 Å². The molecule has 0 saturated heterocycles. The Balaban J connectivity index is 2.54. The Morgan fingerprint density at radius 3 is 1.11 bits per heavy atom. The highest BCUT2D eigenvalue weighted by molar-refractivity contribution is 8.76. The van der Waals surface area contributed by atoms with Crippen LogP contribution in [0.1, 0.15) is 0 Å². The molecule has 2 aromatic rings. The quantitative estimate of drug-likeness (QED) is 0.366. The molecule has 146 valence electrons. The summed E-state index contributed by atoms with van der Waals surface area (Å²) in [6.45, 7) is 0. The van der Waals surface area contributed by atoms with Gasteiger partial charge in [0.05, 0.1) is 19.7 Å². The molecule has 2 N–H and O–H groups in total. The number of phenolic OH excluding ortho intramolecular Hbond substituents is 2. The van der Waals surface area contributed by atoms with Gasteiger partial charge < -0.3 is 10.2 Å². The molecule has 2 aromatic carbocycles. The highest BCUT2D eigenvalue weighted by Gasteiger charge is 2.36. The van der Waals surface area contributed by atoms with Gasteiger partial charge in [0.15, 0.2) is 0 Å². The van der Waals surface area contributed by atoms with Crippen LogP contribution in [0.2, 0.25) is 0 Å². The molecule has 0 atom stereocenters. The number of phenols is 2. The number of nitro benzene ring substituents is 4. The summed E-state index contributed by atoms with van der Waals surface area (Å²) in [7, 11) is 0.955. The predicted molar refractivity (Wildman–Crippen MR) is 94.5 cm³/mol. The summed E-state index contributed by atoms with van der Waals surface area (Å²) in [5.41, 5.74) is -4.42. The minimum absolute atomic E-state index is 0.329. The Labute approximate surface area is 160 Å². The molecule has 16 heteroatoms. The lowest BCUT2D eigenvalue weighted by atomic mass is 10.2. The third-order valence-corrected chi connectivity index (χ3v) is 5.57. The zero-order valence-electron chi connectivity index (χ0n) is 13.1. The summed E-state index contributed by atoms with van der Waals surface area (Å²) in [6.07, 6.45) is 0. The summed E-state index contributed by atoms with van der Waals surface area (Å²) in [5, 5.41) is 63.5. The van der Waals surface area contributed by atoms with Gasteiger partial charge in [0.2, 0.25) is 11.5 Å². The molecule has 0 aliphatic heterocycles. The van der Waals surface area contributed by atoms with Crippen LogP contribution in [0.3, 0.4) is 0 Å². The standard InChI is InChI=1S/C12H6N4O10S2/c17-5-1-3-7(11(15(23)24)9(5)13(19)20)27-28-8-4-2-6(18)10(14(21)22)12(8)16(25)26/h1-4,17-18H. The summed E-state index contributed by atoms with van der Waals surface area (Å²) in [5.74, 6) is -1.89. The zero-order valence-corrected chi connectivity index (χ0v) is 14.7. The van der Waals surface area contributed by atoms with Crippen molar-refractivity contribution in [2.24, 2.45) is 0 Å². The second kappa shape index (κ2) is 7.92.